The third-order valence-electron chi connectivity index (χ3n) is 6.44. The molecule has 0 amide bonds. The number of aromatic amines is 1. The van der Waals surface area contributed by atoms with Crippen LogP contribution in [0.25, 0.3) is 0 Å². The van der Waals surface area contributed by atoms with Crippen molar-refractivity contribution in [2.45, 2.75) is 51.6 Å². The molecule has 1 unspecified atom stereocenters. The van der Waals surface area contributed by atoms with Gasteiger partial charge in [0.25, 0.3) is 0 Å². The number of carboxylic acid groups (broad SMARTS) is 1. The Morgan fingerprint density at radius 3 is 2.71 bits per heavy atom. The number of carbonyl (C=O) groups is 1. The van der Waals surface area contributed by atoms with Gasteiger partial charge in [0, 0.05) is 26.1 Å². The van der Waals surface area contributed by atoms with Gasteiger partial charge in [0.15, 0.2) is 11.5 Å². The molecule has 0 aliphatic heterocycles. The van der Waals surface area contributed by atoms with Crippen molar-refractivity contribution >= 4 is 5.97 Å². The van der Waals surface area contributed by atoms with Crippen LogP contribution in [0.2, 0.25) is 0 Å². The molecule has 2 aromatic heterocycles. The Morgan fingerprint density at radius 1 is 1.29 bits per heavy atom. The zero-order valence-electron chi connectivity index (χ0n) is 19.6. The van der Waals surface area contributed by atoms with Crippen LogP contribution in [0.15, 0.2) is 56.5 Å². The Balaban J connectivity index is 1.57. The van der Waals surface area contributed by atoms with Crippen LogP contribution in [0.4, 0.5) is 4.39 Å². The predicted molar refractivity (Wildman–Crippen MR) is 124 cm³/mol. The first kappa shape index (κ1) is 24.4. The maximum Gasteiger partial charge on any atom is 0.354 e. The van der Waals surface area contributed by atoms with Gasteiger partial charge >= 0.3 is 17.3 Å². The van der Waals surface area contributed by atoms with Gasteiger partial charge in [-0.2, -0.15) is 0 Å². The Morgan fingerprint density at radius 2 is 2.03 bits per heavy atom. The normalized spacial score (nSPS) is 22.9. The topological polar surface area (TPSA) is 132 Å². The molecule has 0 aromatic carbocycles. The van der Waals surface area contributed by atoms with Gasteiger partial charge in [0.1, 0.15) is 5.83 Å². The van der Waals surface area contributed by atoms with Crippen molar-refractivity contribution in [2.24, 2.45) is 23.9 Å². The molecule has 0 saturated heterocycles. The minimum absolute atomic E-state index is 0.0504. The summed E-state index contributed by atoms with van der Waals surface area (Å²) in [7, 11) is 1.41. The van der Waals surface area contributed by atoms with E-state index in [0.717, 1.165) is 30.3 Å². The van der Waals surface area contributed by atoms with Gasteiger partial charge in [-0.05, 0) is 36.8 Å². The van der Waals surface area contributed by atoms with Crippen molar-refractivity contribution in [1.29, 1.82) is 0 Å². The molecule has 2 aliphatic rings. The lowest BCUT2D eigenvalue weighted by molar-refractivity contribution is 0.0689. The maximum absolute atomic E-state index is 14.8. The highest BCUT2D eigenvalue weighted by Gasteiger charge is 2.22. The number of aromatic carboxylic acids is 1. The molecule has 2 aromatic rings. The average molecular weight is 486 g/mol. The molecule has 186 valence electrons. The van der Waals surface area contributed by atoms with E-state index in [-0.39, 0.29) is 29.4 Å². The summed E-state index contributed by atoms with van der Waals surface area (Å²) in [6.07, 6.45) is 7.01. The monoisotopic (exact) mass is 485 g/mol. The summed E-state index contributed by atoms with van der Waals surface area (Å²) in [6, 6.07) is 3.52. The van der Waals surface area contributed by atoms with Crippen molar-refractivity contribution in [3.8, 4) is 5.88 Å². The van der Waals surface area contributed by atoms with E-state index in [0.29, 0.717) is 18.4 Å². The molecular formula is C24H28FN5O5. The third-order valence-corrected chi connectivity index (χ3v) is 6.44. The number of hydrogen-bond donors (Lipinski definition) is 2. The molecule has 1 saturated carbocycles. The van der Waals surface area contributed by atoms with E-state index in [1.165, 1.54) is 35.9 Å². The smallest absolute Gasteiger partial charge is 0.354 e. The van der Waals surface area contributed by atoms with Crippen LogP contribution in [0.3, 0.4) is 0 Å². The fraction of sp³-hybridized carbons (Fsp3) is 0.458. The largest absolute Gasteiger partial charge is 0.477 e. The Hall–Kier alpha value is -3.76. The number of aromatic nitrogens is 4. The van der Waals surface area contributed by atoms with E-state index >= 15 is 0 Å². The number of halogens is 1. The zero-order chi connectivity index (χ0) is 25.1. The van der Waals surface area contributed by atoms with Crippen LogP contribution in [0, 0.1) is 11.8 Å². The van der Waals surface area contributed by atoms with Crippen molar-refractivity contribution in [2.75, 3.05) is 0 Å². The Bertz CT molecular complexity index is 1360. The molecule has 2 N–H and O–H groups in total. The lowest BCUT2D eigenvalue weighted by Gasteiger charge is -2.26. The second-order valence-electron chi connectivity index (χ2n) is 9.13. The number of hydrogen-bond acceptors (Lipinski definition) is 6. The second-order valence-corrected chi connectivity index (χ2v) is 9.13. The van der Waals surface area contributed by atoms with Gasteiger partial charge in [0.2, 0.25) is 11.5 Å². The molecule has 11 heteroatoms. The van der Waals surface area contributed by atoms with Gasteiger partial charge in [0.05, 0.1) is 6.04 Å². The van der Waals surface area contributed by atoms with Gasteiger partial charge < -0.3 is 9.84 Å². The molecule has 1 atom stereocenters. The molecule has 0 radical (unpaired) electrons. The Kier molecular flexibility index (Phi) is 7.13. The fourth-order valence-corrected chi connectivity index (χ4v) is 4.32. The van der Waals surface area contributed by atoms with Crippen LogP contribution in [-0.2, 0) is 13.6 Å². The summed E-state index contributed by atoms with van der Waals surface area (Å²) >= 11 is 0. The molecule has 2 heterocycles. The van der Waals surface area contributed by atoms with E-state index < -0.39 is 29.2 Å². The zero-order valence-corrected chi connectivity index (χ0v) is 19.6. The van der Waals surface area contributed by atoms with E-state index in [9.17, 15) is 18.8 Å². The fourth-order valence-electron chi connectivity index (χ4n) is 4.32. The number of rotatable bonds is 6. The van der Waals surface area contributed by atoms with Crippen LogP contribution in [0.5, 0.6) is 5.88 Å². The minimum atomic E-state index is -1.22. The van der Waals surface area contributed by atoms with Gasteiger partial charge in [-0.1, -0.05) is 31.9 Å². The number of ether oxygens (including phenoxy) is 1. The number of nitrogens with one attached hydrogen (secondary N) is 1. The average Bonchev–Trinajstić information content (AvgIpc) is 2.83. The highest BCUT2D eigenvalue weighted by atomic mass is 19.1. The number of allylic oxidation sites excluding steroid dienone is 1. The van der Waals surface area contributed by atoms with Gasteiger partial charge in [-0.3, -0.25) is 9.55 Å². The first-order valence-electron chi connectivity index (χ1n) is 11.6. The van der Waals surface area contributed by atoms with Crippen molar-refractivity contribution in [1.82, 2.24) is 19.1 Å². The number of H-pyrrole nitrogens is 1. The molecule has 35 heavy (non-hydrogen) atoms. The lowest BCUT2D eigenvalue weighted by Crippen LogP contribution is -2.50. The first-order chi connectivity index (χ1) is 16.7. The summed E-state index contributed by atoms with van der Waals surface area (Å²) < 4.78 is 22.7. The SMILES string of the molecule is Cn1c(=O)[nH]/c(=N\C2C=CC(Oc3cccc(C(=O)O)n3)=C(F)C2)n(C[C@H]2CC[C@H](C)CC2)c1=O. The summed E-state index contributed by atoms with van der Waals surface area (Å²) in [5.74, 6) is -1.01. The highest BCUT2D eigenvalue weighted by Crippen LogP contribution is 2.29. The first-order valence-corrected chi connectivity index (χ1v) is 11.6. The van der Waals surface area contributed by atoms with E-state index in [4.69, 9.17) is 9.84 Å². The van der Waals surface area contributed by atoms with Crippen LogP contribution >= 0.6 is 0 Å². The molecule has 4 rings (SSSR count). The second kappa shape index (κ2) is 10.2. The Labute approximate surface area is 200 Å². The molecular weight excluding hydrogens is 457 g/mol. The van der Waals surface area contributed by atoms with E-state index in [2.05, 4.69) is 21.9 Å². The lowest BCUT2D eigenvalue weighted by atomic mass is 9.83. The van der Waals surface area contributed by atoms with E-state index in [1.54, 1.807) is 6.08 Å². The molecule has 2 aliphatic carbocycles. The van der Waals surface area contributed by atoms with Gasteiger partial charge in [-0.15, -0.1) is 0 Å². The minimum Gasteiger partial charge on any atom is -0.477 e. The molecule has 0 spiro atoms. The summed E-state index contributed by atoms with van der Waals surface area (Å²) in [5, 5.41) is 9.05. The summed E-state index contributed by atoms with van der Waals surface area (Å²) in [4.78, 5) is 47.1. The number of carboxylic acids is 1. The number of nitrogens with zero attached hydrogens (tertiary/aromatic N) is 4. The number of pyridine rings is 1. The van der Waals surface area contributed by atoms with Crippen molar-refractivity contribution in [3.05, 3.63) is 74.2 Å². The highest BCUT2D eigenvalue weighted by molar-refractivity contribution is 5.85. The van der Waals surface area contributed by atoms with Gasteiger partial charge in [-0.25, -0.2) is 33.3 Å². The third kappa shape index (κ3) is 5.67. The standard InChI is InChI=1S/C24H28FN5O5/c1-14-6-8-15(9-7-14)13-30-22(28-23(33)29(2)24(30)34)26-16-10-11-19(17(25)12-16)35-20-5-3-4-18(27-20)21(31)32/h3-5,10-11,14-16H,6-9,12-13H2,1-2H3,(H,31,32)(H,26,28,33)/t14-,15-,16?. The van der Waals surface area contributed by atoms with Crippen LogP contribution in [0.1, 0.15) is 49.5 Å². The van der Waals surface area contributed by atoms with Crippen LogP contribution < -0.4 is 21.7 Å². The molecule has 10 nitrogen and oxygen atoms in total. The van der Waals surface area contributed by atoms with Crippen molar-refractivity contribution < 1.29 is 19.0 Å². The molecule has 0 bridgehead atoms. The summed E-state index contributed by atoms with van der Waals surface area (Å²) in [6.45, 7) is 2.65. The van der Waals surface area contributed by atoms with Crippen molar-refractivity contribution in [3.63, 3.8) is 0 Å². The summed E-state index contributed by atoms with van der Waals surface area (Å²) in [5.41, 5.74) is -1.16. The predicted octanol–water partition coefficient (Wildman–Crippen LogP) is 2.28. The quantitative estimate of drug-likeness (QED) is 0.645. The molecule has 1 fully saturated rings. The van der Waals surface area contributed by atoms with E-state index in [1.807, 2.05) is 0 Å². The maximum atomic E-state index is 14.8. The van der Waals surface area contributed by atoms with Crippen LogP contribution in [-0.4, -0.2) is 36.2 Å².